The Labute approximate surface area is 84.3 Å². The predicted molar refractivity (Wildman–Crippen MR) is 57.4 cm³/mol. The first-order valence-electron chi connectivity index (χ1n) is 4.67. The van der Waals surface area contributed by atoms with Gasteiger partial charge >= 0.3 is 0 Å². The standard InChI is InChI=1S/C11H17FN2/c1-11(2,3)14-7-8-4-5-10(13)9(12)6-8/h4-6,14H,7,13H2,1-3H3. The number of halogens is 1. The molecule has 0 bridgehead atoms. The summed E-state index contributed by atoms with van der Waals surface area (Å²) in [6, 6.07) is 4.89. The Morgan fingerprint density at radius 1 is 1.36 bits per heavy atom. The number of hydrogen-bond acceptors (Lipinski definition) is 2. The second kappa shape index (κ2) is 3.96. The fraction of sp³-hybridized carbons (Fsp3) is 0.455. The van der Waals surface area contributed by atoms with E-state index in [9.17, 15) is 4.39 Å². The molecule has 0 atom stereocenters. The van der Waals surface area contributed by atoms with Gasteiger partial charge in [-0.05, 0) is 38.5 Å². The first-order valence-corrected chi connectivity index (χ1v) is 4.67. The van der Waals surface area contributed by atoms with Gasteiger partial charge in [-0.15, -0.1) is 0 Å². The zero-order valence-corrected chi connectivity index (χ0v) is 8.89. The van der Waals surface area contributed by atoms with Crippen LogP contribution in [0.1, 0.15) is 26.3 Å². The molecule has 0 aromatic heterocycles. The minimum absolute atomic E-state index is 0.0395. The average molecular weight is 196 g/mol. The van der Waals surface area contributed by atoms with Crippen LogP contribution in [-0.4, -0.2) is 5.54 Å². The number of rotatable bonds is 2. The lowest BCUT2D eigenvalue weighted by atomic mass is 10.1. The molecule has 1 aromatic carbocycles. The van der Waals surface area contributed by atoms with Crippen molar-refractivity contribution in [3.8, 4) is 0 Å². The number of benzene rings is 1. The van der Waals surface area contributed by atoms with Gasteiger partial charge in [0.2, 0.25) is 0 Å². The summed E-state index contributed by atoms with van der Waals surface area (Å²) in [4.78, 5) is 0. The highest BCUT2D eigenvalue weighted by molar-refractivity contribution is 5.41. The maximum atomic E-state index is 13.0. The Balaban J connectivity index is 2.65. The van der Waals surface area contributed by atoms with Gasteiger partial charge < -0.3 is 11.1 Å². The fourth-order valence-electron chi connectivity index (χ4n) is 1.05. The molecule has 2 nitrogen and oxygen atoms in total. The van der Waals surface area contributed by atoms with Crippen LogP contribution in [0.4, 0.5) is 10.1 Å². The molecule has 0 spiro atoms. The molecule has 0 saturated carbocycles. The van der Waals surface area contributed by atoms with Crippen molar-refractivity contribution in [1.82, 2.24) is 5.32 Å². The highest BCUT2D eigenvalue weighted by atomic mass is 19.1. The van der Waals surface area contributed by atoms with Gasteiger partial charge in [-0.25, -0.2) is 4.39 Å². The number of nitrogens with one attached hydrogen (secondary N) is 1. The third-order valence-electron chi connectivity index (χ3n) is 1.89. The smallest absolute Gasteiger partial charge is 0.146 e. The van der Waals surface area contributed by atoms with Crippen molar-refractivity contribution in [1.29, 1.82) is 0 Å². The maximum absolute atomic E-state index is 13.0. The van der Waals surface area contributed by atoms with Crippen molar-refractivity contribution in [3.63, 3.8) is 0 Å². The van der Waals surface area contributed by atoms with Gasteiger partial charge in [-0.3, -0.25) is 0 Å². The van der Waals surface area contributed by atoms with Crippen LogP contribution < -0.4 is 11.1 Å². The van der Waals surface area contributed by atoms with Crippen LogP contribution in [0, 0.1) is 5.82 Å². The summed E-state index contributed by atoms with van der Waals surface area (Å²) in [6.07, 6.45) is 0. The molecule has 0 saturated heterocycles. The Bertz CT molecular complexity index is 316. The molecule has 0 fully saturated rings. The predicted octanol–water partition coefficient (Wildman–Crippen LogP) is 2.30. The second-order valence-electron chi connectivity index (χ2n) is 4.46. The van der Waals surface area contributed by atoms with Crippen LogP contribution in [0.2, 0.25) is 0 Å². The molecule has 0 aliphatic heterocycles. The van der Waals surface area contributed by atoms with E-state index in [-0.39, 0.29) is 17.0 Å². The summed E-state index contributed by atoms with van der Waals surface area (Å²) in [5.41, 5.74) is 6.52. The van der Waals surface area contributed by atoms with Gasteiger partial charge in [-0.2, -0.15) is 0 Å². The van der Waals surface area contributed by atoms with Gasteiger partial charge in [0.15, 0.2) is 0 Å². The highest BCUT2D eigenvalue weighted by Gasteiger charge is 2.08. The van der Waals surface area contributed by atoms with Crippen LogP contribution in [0.25, 0.3) is 0 Å². The molecule has 3 N–H and O–H groups in total. The van der Waals surface area contributed by atoms with Gasteiger partial charge in [0.25, 0.3) is 0 Å². The van der Waals surface area contributed by atoms with Gasteiger partial charge in [0, 0.05) is 12.1 Å². The molecule has 1 rings (SSSR count). The first-order chi connectivity index (χ1) is 6.38. The Hall–Kier alpha value is -1.09. The summed E-state index contributed by atoms with van der Waals surface area (Å²) >= 11 is 0. The number of nitrogens with two attached hydrogens (primary N) is 1. The topological polar surface area (TPSA) is 38.0 Å². The SMILES string of the molecule is CC(C)(C)NCc1ccc(N)c(F)c1. The molecule has 0 heterocycles. The molecule has 78 valence electrons. The van der Waals surface area contributed by atoms with Crippen LogP contribution in [-0.2, 0) is 6.54 Å². The van der Waals surface area contributed by atoms with E-state index in [1.807, 2.05) is 6.07 Å². The van der Waals surface area contributed by atoms with Crippen molar-refractivity contribution >= 4 is 5.69 Å². The van der Waals surface area contributed by atoms with E-state index in [4.69, 9.17) is 5.73 Å². The normalized spacial score (nSPS) is 11.7. The van der Waals surface area contributed by atoms with E-state index < -0.39 is 0 Å². The lowest BCUT2D eigenvalue weighted by Gasteiger charge is -2.20. The van der Waals surface area contributed by atoms with Crippen LogP contribution >= 0.6 is 0 Å². The molecular weight excluding hydrogens is 179 g/mol. The Morgan fingerprint density at radius 2 is 2.00 bits per heavy atom. The third-order valence-corrected chi connectivity index (χ3v) is 1.89. The van der Waals surface area contributed by atoms with Crippen molar-refractivity contribution in [2.24, 2.45) is 0 Å². The van der Waals surface area contributed by atoms with E-state index in [1.165, 1.54) is 6.07 Å². The van der Waals surface area contributed by atoms with E-state index in [2.05, 4.69) is 26.1 Å². The largest absolute Gasteiger partial charge is 0.396 e. The molecule has 3 heteroatoms. The molecule has 0 aliphatic rings. The lowest BCUT2D eigenvalue weighted by molar-refractivity contribution is 0.423. The summed E-state index contributed by atoms with van der Waals surface area (Å²) in [5.74, 6) is -0.349. The first kappa shape index (κ1) is 11.0. The molecule has 1 aromatic rings. The molecule has 0 unspecified atom stereocenters. The summed E-state index contributed by atoms with van der Waals surface area (Å²) in [5, 5.41) is 3.28. The number of hydrogen-bond donors (Lipinski definition) is 2. The average Bonchev–Trinajstić information content (AvgIpc) is 2.06. The van der Waals surface area contributed by atoms with E-state index in [1.54, 1.807) is 6.07 Å². The molecule has 0 amide bonds. The Morgan fingerprint density at radius 3 is 2.50 bits per heavy atom. The second-order valence-corrected chi connectivity index (χ2v) is 4.46. The summed E-state index contributed by atoms with van der Waals surface area (Å²) in [6.45, 7) is 6.86. The van der Waals surface area contributed by atoms with Crippen LogP contribution in [0.5, 0.6) is 0 Å². The molecule has 0 aliphatic carbocycles. The van der Waals surface area contributed by atoms with E-state index in [0.29, 0.717) is 6.54 Å². The third kappa shape index (κ3) is 3.34. The highest BCUT2D eigenvalue weighted by Crippen LogP contribution is 2.12. The maximum Gasteiger partial charge on any atom is 0.146 e. The minimum atomic E-state index is -0.349. The molecular formula is C11H17FN2. The summed E-state index contributed by atoms with van der Waals surface area (Å²) in [7, 11) is 0. The van der Waals surface area contributed by atoms with Crippen molar-refractivity contribution < 1.29 is 4.39 Å². The Kier molecular flexibility index (Phi) is 3.11. The fourth-order valence-corrected chi connectivity index (χ4v) is 1.05. The molecule has 14 heavy (non-hydrogen) atoms. The van der Waals surface area contributed by atoms with Gasteiger partial charge in [-0.1, -0.05) is 6.07 Å². The van der Waals surface area contributed by atoms with Crippen molar-refractivity contribution in [2.75, 3.05) is 5.73 Å². The number of anilines is 1. The van der Waals surface area contributed by atoms with Crippen molar-refractivity contribution in [3.05, 3.63) is 29.6 Å². The molecule has 0 radical (unpaired) electrons. The lowest BCUT2D eigenvalue weighted by Crippen LogP contribution is -2.35. The van der Waals surface area contributed by atoms with Crippen LogP contribution in [0.3, 0.4) is 0 Å². The monoisotopic (exact) mass is 196 g/mol. The number of nitrogen functional groups attached to an aromatic ring is 1. The van der Waals surface area contributed by atoms with Gasteiger partial charge in [0.05, 0.1) is 5.69 Å². The van der Waals surface area contributed by atoms with E-state index >= 15 is 0 Å². The van der Waals surface area contributed by atoms with Gasteiger partial charge in [0.1, 0.15) is 5.82 Å². The zero-order valence-electron chi connectivity index (χ0n) is 8.89. The zero-order chi connectivity index (χ0) is 10.8. The quantitative estimate of drug-likeness (QED) is 0.712. The van der Waals surface area contributed by atoms with E-state index in [0.717, 1.165) is 5.56 Å². The minimum Gasteiger partial charge on any atom is -0.396 e. The van der Waals surface area contributed by atoms with Crippen LogP contribution in [0.15, 0.2) is 18.2 Å². The summed E-state index contributed by atoms with van der Waals surface area (Å²) < 4.78 is 13.0. The van der Waals surface area contributed by atoms with Crippen molar-refractivity contribution in [2.45, 2.75) is 32.9 Å².